The first kappa shape index (κ1) is 25.8. The van der Waals surface area contributed by atoms with Crippen molar-refractivity contribution < 1.29 is 46.1 Å². The summed E-state index contributed by atoms with van der Waals surface area (Å²) < 4.78 is 69.2. The van der Waals surface area contributed by atoms with E-state index in [0.29, 0.717) is 18.6 Å². The third-order valence-electron chi connectivity index (χ3n) is 3.83. The Morgan fingerprint density at radius 3 is 2.23 bits per heavy atom. The van der Waals surface area contributed by atoms with Crippen molar-refractivity contribution in [2.75, 3.05) is 6.61 Å². The Kier molecular flexibility index (Phi) is 8.73. The zero-order valence-corrected chi connectivity index (χ0v) is 16.8. The molecular weight excluding hydrogens is 417 g/mol. The normalized spacial score (nSPS) is 20.2. The first-order valence-corrected chi connectivity index (χ1v) is 8.97. The summed E-state index contributed by atoms with van der Waals surface area (Å²) in [5.74, 6) is -4.91. The van der Waals surface area contributed by atoms with Crippen molar-refractivity contribution in [3.05, 3.63) is 35.4 Å². The minimum absolute atomic E-state index is 0.164. The van der Waals surface area contributed by atoms with Gasteiger partial charge in [0.2, 0.25) is 0 Å². The van der Waals surface area contributed by atoms with E-state index in [9.17, 15) is 26.7 Å². The average molecular weight is 441 g/mol. The third-order valence-corrected chi connectivity index (χ3v) is 3.83. The molecule has 0 bridgehead atoms. The predicted molar refractivity (Wildman–Crippen MR) is 95.6 cm³/mol. The zero-order chi connectivity index (χ0) is 23.3. The SMILES string of the molecule is CC(N[C@@H]1CCO[C@H]1c1ccc(F)c(F)c1)C(=O)OC(C)(C)C.O=C(O)C(F)(F)F. The van der Waals surface area contributed by atoms with E-state index in [1.807, 2.05) is 0 Å². The number of carboxylic acid groups (broad SMARTS) is 1. The van der Waals surface area contributed by atoms with Crippen LogP contribution in [-0.4, -0.2) is 47.5 Å². The monoisotopic (exact) mass is 441 g/mol. The fourth-order valence-corrected chi connectivity index (χ4v) is 2.56. The molecule has 0 aliphatic carbocycles. The van der Waals surface area contributed by atoms with Gasteiger partial charge >= 0.3 is 18.1 Å². The Morgan fingerprint density at radius 1 is 1.20 bits per heavy atom. The number of carbonyl (C=O) groups is 2. The van der Waals surface area contributed by atoms with Gasteiger partial charge in [-0.1, -0.05) is 6.07 Å². The molecule has 170 valence electrons. The molecule has 0 saturated carbocycles. The number of halogens is 5. The molecule has 1 aliphatic rings. The molecule has 0 amide bonds. The van der Waals surface area contributed by atoms with Crippen LogP contribution in [0.1, 0.15) is 45.8 Å². The van der Waals surface area contributed by atoms with E-state index in [-0.39, 0.29) is 12.0 Å². The van der Waals surface area contributed by atoms with E-state index in [0.717, 1.165) is 12.1 Å². The molecule has 11 heteroatoms. The minimum atomic E-state index is -5.08. The van der Waals surface area contributed by atoms with Gasteiger partial charge in [0, 0.05) is 12.6 Å². The molecule has 6 nitrogen and oxygen atoms in total. The second-order valence-electron chi connectivity index (χ2n) is 7.58. The van der Waals surface area contributed by atoms with Crippen molar-refractivity contribution in [2.45, 2.75) is 64.1 Å². The van der Waals surface area contributed by atoms with E-state index in [1.165, 1.54) is 6.07 Å². The number of benzene rings is 1. The van der Waals surface area contributed by atoms with Crippen LogP contribution in [0.4, 0.5) is 22.0 Å². The van der Waals surface area contributed by atoms with Crippen LogP contribution in [0.5, 0.6) is 0 Å². The first-order chi connectivity index (χ1) is 13.6. The average Bonchev–Trinajstić information content (AvgIpc) is 3.03. The number of alkyl halides is 3. The van der Waals surface area contributed by atoms with Gasteiger partial charge in [-0.2, -0.15) is 13.2 Å². The second-order valence-corrected chi connectivity index (χ2v) is 7.58. The van der Waals surface area contributed by atoms with Crippen molar-refractivity contribution in [3.63, 3.8) is 0 Å². The van der Waals surface area contributed by atoms with Crippen molar-refractivity contribution in [3.8, 4) is 0 Å². The van der Waals surface area contributed by atoms with Gasteiger partial charge in [-0.3, -0.25) is 10.1 Å². The Morgan fingerprint density at radius 2 is 1.77 bits per heavy atom. The Balaban J connectivity index is 0.000000553. The van der Waals surface area contributed by atoms with Gasteiger partial charge in [0.05, 0.1) is 6.10 Å². The molecule has 1 saturated heterocycles. The van der Waals surface area contributed by atoms with Gasteiger partial charge in [0.1, 0.15) is 11.6 Å². The van der Waals surface area contributed by atoms with Crippen LogP contribution in [-0.2, 0) is 19.1 Å². The zero-order valence-electron chi connectivity index (χ0n) is 16.8. The van der Waals surface area contributed by atoms with E-state index in [1.54, 1.807) is 27.7 Å². The number of ether oxygens (including phenoxy) is 2. The van der Waals surface area contributed by atoms with Gasteiger partial charge < -0.3 is 14.6 Å². The van der Waals surface area contributed by atoms with Gasteiger partial charge in [0.25, 0.3) is 0 Å². The fourth-order valence-electron chi connectivity index (χ4n) is 2.56. The van der Waals surface area contributed by atoms with Gasteiger partial charge in [-0.15, -0.1) is 0 Å². The molecule has 0 spiro atoms. The highest BCUT2D eigenvalue weighted by atomic mass is 19.4. The molecule has 1 aromatic rings. The largest absolute Gasteiger partial charge is 0.490 e. The lowest BCUT2D eigenvalue weighted by Crippen LogP contribution is -2.45. The Bertz CT molecular complexity index is 748. The highest BCUT2D eigenvalue weighted by molar-refractivity contribution is 5.75. The Hall–Kier alpha value is -2.27. The molecule has 2 N–H and O–H groups in total. The van der Waals surface area contributed by atoms with Crippen molar-refractivity contribution in [1.29, 1.82) is 0 Å². The summed E-state index contributed by atoms with van der Waals surface area (Å²) in [6.07, 6.45) is -4.83. The lowest BCUT2D eigenvalue weighted by molar-refractivity contribution is -0.192. The number of nitrogens with one attached hydrogen (secondary N) is 1. The van der Waals surface area contributed by atoms with Crippen LogP contribution < -0.4 is 5.32 Å². The summed E-state index contributed by atoms with van der Waals surface area (Å²) in [7, 11) is 0. The molecule has 1 fully saturated rings. The summed E-state index contributed by atoms with van der Waals surface area (Å²) in [4.78, 5) is 20.9. The van der Waals surface area contributed by atoms with Gasteiger partial charge in [0.15, 0.2) is 11.6 Å². The quantitative estimate of drug-likeness (QED) is 0.547. The number of carboxylic acids is 1. The molecule has 3 atom stereocenters. The number of rotatable bonds is 4. The summed E-state index contributed by atoms with van der Waals surface area (Å²) in [5, 5.41) is 10.3. The Labute approximate surface area is 170 Å². The topological polar surface area (TPSA) is 84.9 Å². The number of hydrogen-bond acceptors (Lipinski definition) is 5. The van der Waals surface area contributed by atoms with Crippen LogP contribution in [0.2, 0.25) is 0 Å². The molecule has 30 heavy (non-hydrogen) atoms. The number of carbonyl (C=O) groups excluding carboxylic acids is 1. The first-order valence-electron chi connectivity index (χ1n) is 8.97. The molecule has 1 aliphatic heterocycles. The van der Waals surface area contributed by atoms with E-state index < -0.39 is 41.5 Å². The van der Waals surface area contributed by atoms with Gasteiger partial charge in [-0.25, -0.2) is 13.6 Å². The van der Waals surface area contributed by atoms with Crippen molar-refractivity contribution in [1.82, 2.24) is 5.32 Å². The molecule has 1 unspecified atom stereocenters. The van der Waals surface area contributed by atoms with Gasteiger partial charge in [-0.05, 0) is 51.8 Å². The highest BCUT2D eigenvalue weighted by Crippen LogP contribution is 2.30. The summed E-state index contributed by atoms with van der Waals surface area (Å²) in [5.41, 5.74) is -0.00567. The third kappa shape index (κ3) is 8.23. The minimum Gasteiger partial charge on any atom is -0.475 e. The second kappa shape index (κ2) is 10.2. The molecule has 0 radical (unpaired) electrons. The summed E-state index contributed by atoms with van der Waals surface area (Å²) in [6, 6.07) is 3.04. The van der Waals surface area contributed by atoms with E-state index >= 15 is 0 Å². The molecule has 0 aromatic heterocycles. The standard InChI is InChI=1S/C17H23F2NO3.C2HF3O2/c1-10(16(21)23-17(2,3)4)20-14-7-8-22-15(14)11-5-6-12(18)13(19)9-11;3-2(4,5)1(6)7/h5-6,9-10,14-15,20H,7-8H2,1-4H3;(H,6,7)/t10?,14-,15+;/m1./s1. The predicted octanol–water partition coefficient (Wildman–Crippen LogP) is 3.75. The summed E-state index contributed by atoms with van der Waals surface area (Å²) in [6.45, 7) is 7.62. The number of esters is 1. The van der Waals surface area contributed by atoms with Crippen LogP contribution in [0.15, 0.2) is 18.2 Å². The number of hydrogen-bond donors (Lipinski definition) is 2. The maximum absolute atomic E-state index is 13.4. The van der Waals surface area contributed by atoms with Crippen molar-refractivity contribution >= 4 is 11.9 Å². The maximum Gasteiger partial charge on any atom is 0.490 e. The molecule has 1 aromatic carbocycles. The van der Waals surface area contributed by atoms with Crippen LogP contribution in [0, 0.1) is 11.6 Å². The van der Waals surface area contributed by atoms with Crippen LogP contribution in [0.25, 0.3) is 0 Å². The smallest absolute Gasteiger partial charge is 0.475 e. The molecular formula is C19H24F5NO5. The molecule has 2 rings (SSSR count). The maximum atomic E-state index is 13.4. The molecule has 1 heterocycles. The highest BCUT2D eigenvalue weighted by Gasteiger charge is 2.38. The van der Waals surface area contributed by atoms with E-state index in [2.05, 4.69) is 5.32 Å². The van der Waals surface area contributed by atoms with E-state index in [4.69, 9.17) is 19.4 Å². The number of aliphatic carboxylic acids is 1. The summed E-state index contributed by atoms with van der Waals surface area (Å²) >= 11 is 0. The lowest BCUT2D eigenvalue weighted by Gasteiger charge is -2.26. The van der Waals surface area contributed by atoms with Crippen LogP contribution in [0.3, 0.4) is 0 Å². The van der Waals surface area contributed by atoms with Crippen molar-refractivity contribution in [2.24, 2.45) is 0 Å². The fraction of sp³-hybridized carbons (Fsp3) is 0.579. The lowest BCUT2D eigenvalue weighted by atomic mass is 10.0. The van der Waals surface area contributed by atoms with Crippen LogP contribution >= 0.6 is 0 Å².